The third-order valence-electron chi connectivity index (χ3n) is 2.37. The van der Waals surface area contributed by atoms with Crippen molar-refractivity contribution in [1.82, 2.24) is 0 Å². The van der Waals surface area contributed by atoms with E-state index in [4.69, 9.17) is 23.1 Å². The molecule has 0 bridgehead atoms. The molecule has 4 N–H and O–H groups in total. The highest BCUT2D eigenvalue weighted by Gasteiger charge is 2.02. The number of benzene rings is 1. The minimum Gasteiger partial charge on any atom is -0.402 e. The van der Waals surface area contributed by atoms with Crippen LogP contribution in [0.4, 0.5) is 4.39 Å². The maximum Gasteiger partial charge on any atom is 0.142 e. The summed E-state index contributed by atoms with van der Waals surface area (Å²) in [6.07, 6.45) is 3.39. The van der Waals surface area contributed by atoms with Crippen LogP contribution in [-0.4, -0.2) is 0 Å². The molecule has 17 heavy (non-hydrogen) atoms. The van der Waals surface area contributed by atoms with Crippen molar-refractivity contribution in [2.45, 2.75) is 13.8 Å². The Morgan fingerprint density at radius 3 is 2.47 bits per heavy atom. The molecule has 0 aliphatic heterocycles. The van der Waals surface area contributed by atoms with Crippen molar-refractivity contribution in [3.8, 4) is 0 Å². The van der Waals surface area contributed by atoms with E-state index in [0.717, 1.165) is 5.70 Å². The summed E-state index contributed by atoms with van der Waals surface area (Å²) in [6, 6.07) is 4.44. The highest BCUT2D eigenvalue weighted by atomic mass is 35.5. The molecule has 1 aromatic rings. The van der Waals surface area contributed by atoms with Gasteiger partial charge < -0.3 is 11.5 Å². The third-order valence-corrected chi connectivity index (χ3v) is 2.68. The van der Waals surface area contributed by atoms with Crippen molar-refractivity contribution in [3.63, 3.8) is 0 Å². The van der Waals surface area contributed by atoms with Gasteiger partial charge in [0.1, 0.15) is 5.82 Å². The van der Waals surface area contributed by atoms with Crippen molar-refractivity contribution in [2.24, 2.45) is 17.4 Å². The molecular weight excluding hydrogens is 239 g/mol. The molecule has 0 aliphatic rings. The highest BCUT2D eigenvalue weighted by Crippen LogP contribution is 2.18. The molecule has 0 fully saturated rings. The number of halogens is 2. The Morgan fingerprint density at radius 2 is 1.94 bits per heavy atom. The number of hydrogen-bond donors (Lipinski definition) is 2. The molecule has 0 saturated carbocycles. The number of nitrogens with two attached hydrogens (primary N) is 2. The molecule has 0 saturated heterocycles. The van der Waals surface area contributed by atoms with Gasteiger partial charge in [0.15, 0.2) is 0 Å². The molecule has 1 aromatic carbocycles. The molecule has 0 spiro atoms. The van der Waals surface area contributed by atoms with Crippen molar-refractivity contribution in [3.05, 3.63) is 52.5 Å². The molecule has 4 heteroatoms. The van der Waals surface area contributed by atoms with Crippen LogP contribution in [0.15, 0.2) is 36.0 Å². The Bertz CT molecular complexity index is 464. The van der Waals surface area contributed by atoms with Gasteiger partial charge in [-0.1, -0.05) is 31.5 Å². The van der Waals surface area contributed by atoms with Crippen LogP contribution in [0.5, 0.6) is 0 Å². The predicted octanol–water partition coefficient (Wildman–Crippen LogP) is 3.28. The first-order valence-electron chi connectivity index (χ1n) is 5.30. The van der Waals surface area contributed by atoms with E-state index < -0.39 is 5.82 Å². The Labute approximate surface area is 106 Å². The zero-order chi connectivity index (χ0) is 13.0. The average Bonchev–Trinajstić information content (AvgIpc) is 2.28. The maximum absolute atomic E-state index is 13.2. The van der Waals surface area contributed by atoms with Gasteiger partial charge in [-0.05, 0) is 30.2 Å². The van der Waals surface area contributed by atoms with Gasteiger partial charge in [0.05, 0.1) is 5.02 Å². The average molecular weight is 255 g/mol. The van der Waals surface area contributed by atoms with Crippen LogP contribution in [0.3, 0.4) is 0 Å². The minimum atomic E-state index is -0.485. The minimum absolute atomic E-state index is 0.0822. The van der Waals surface area contributed by atoms with Crippen molar-refractivity contribution < 1.29 is 4.39 Å². The first-order chi connectivity index (χ1) is 7.91. The fourth-order valence-corrected chi connectivity index (χ4v) is 1.27. The van der Waals surface area contributed by atoms with Gasteiger partial charge in [0, 0.05) is 17.0 Å². The fraction of sp³-hybridized carbons (Fsp3) is 0.231. The Morgan fingerprint density at radius 1 is 1.29 bits per heavy atom. The van der Waals surface area contributed by atoms with Gasteiger partial charge >= 0.3 is 0 Å². The second-order valence-electron chi connectivity index (χ2n) is 4.07. The summed E-state index contributed by atoms with van der Waals surface area (Å²) in [6.45, 7) is 3.97. The van der Waals surface area contributed by atoms with E-state index in [9.17, 15) is 4.39 Å². The second kappa shape index (κ2) is 5.73. The SMILES string of the molecule is CC(C)/C(N)=C/C=C(\N)c1ccc(Cl)c(F)c1. The molecule has 0 atom stereocenters. The molecule has 2 nitrogen and oxygen atoms in total. The van der Waals surface area contributed by atoms with E-state index in [1.165, 1.54) is 12.1 Å². The lowest BCUT2D eigenvalue weighted by atomic mass is 10.1. The summed E-state index contributed by atoms with van der Waals surface area (Å²) in [7, 11) is 0. The van der Waals surface area contributed by atoms with E-state index >= 15 is 0 Å². The van der Waals surface area contributed by atoms with Crippen LogP contribution in [0.1, 0.15) is 19.4 Å². The summed E-state index contributed by atoms with van der Waals surface area (Å²) in [5.41, 5.74) is 13.3. The molecule has 92 valence electrons. The molecule has 0 aliphatic carbocycles. The highest BCUT2D eigenvalue weighted by molar-refractivity contribution is 6.30. The Balaban J connectivity index is 2.96. The van der Waals surface area contributed by atoms with E-state index in [2.05, 4.69) is 0 Å². The van der Waals surface area contributed by atoms with Crippen LogP contribution in [0.25, 0.3) is 5.70 Å². The molecule has 0 aromatic heterocycles. The van der Waals surface area contributed by atoms with Crippen LogP contribution >= 0.6 is 11.6 Å². The van der Waals surface area contributed by atoms with Crippen LogP contribution in [0, 0.1) is 11.7 Å². The van der Waals surface area contributed by atoms with Gasteiger partial charge in [-0.3, -0.25) is 0 Å². The summed E-state index contributed by atoms with van der Waals surface area (Å²) in [5.74, 6) is -0.234. The van der Waals surface area contributed by atoms with E-state index in [0.29, 0.717) is 11.3 Å². The first-order valence-corrected chi connectivity index (χ1v) is 5.68. The lowest BCUT2D eigenvalue weighted by Crippen LogP contribution is -2.04. The Kier molecular flexibility index (Phi) is 4.58. The van der Waals surface area contributed by atoms with Crippen molar-refractivity contribution in [1.29, 1.82) is 0 Å². The topological polar surface area (TPSA) is 52.0 Å². The zero-order valence-electron chi connectivity index (χ0n) is 9.87. The van der Waals surface area contributed by atoms with E-state index in [-0.39, 0.29) is 10.9 Å². The van der Waals surface area contributed by atoms with Crippen LogP contribution in [-0.2, 0) is 0 Å². The zero-order valence-corrected chi connectivity index (χ0v) is 10.6. The van der Waals surface area contributed by atoms with Crippen molar-refractivity contribution in [2.75, 3.05) is 0 Å². The smallest absolute Gasteiger partial charge is 0.142 e. The first kappa shape index (κ1) is 13.6. The monoisotopic (exact) mass is 254 g/mol. The quantitative estimate of drug-likeness (QED) is 0.814. The van der Waals surface area contributed by atoms with Gasteiger partial charge in [-0.15, -0.1) is 0 Å². The van der Waals surface area contributed by atoms with Gasteiger partial charge in [-0.25, -0.2) is 4.39 Å². The summed E-state index contributed by atoms with van der Waals surface area (Å²) < 4.78 is 13.2. The molecular formula is C13H16ClFN2. The third kappa shape index (κ3) is 3.79. The molecule has 0 radical (unpaired) electrons. The van der Waals surface area contributed by atoms with Crippen LogP contribution < -0.4 is 11.5 Å². The Hall–Kier alpha value is -1.48. The predicted molar refractivity (Wildman–Crippen MR) is 70.7 cm³/mol. The summed E-state index contributed by atoms with van der Waals surface area (Å²) in [4.78, 5) is 0. The van der Waals surface area contributed by atoms with Gasteiger partial charge in [0.25, 0.3) is 0 Å². The maximum atomic E-state index is 13.2. The number of allylic oxidation sites excluding steroid dienone is 3. The standard InChI is InChI=1S/C13H16ClFN2/c1-8(2)12(16)5-6-13(17)9-3-4-10(14)11(15)7-9/h3-8H,16-17H2,1-2H3/b12-5-,13-6-. The summed E-state index contributed by atoms with van der Waals surface area (Å²) in [5, 5.41) is 0.0822. The van der Waals surface area contributed by atoms with Gasteiger partial charge in [0.2, 0.25) is 0 Å². The van der Waals surface area contributed by atoms with E-state index in [1.54, 1.807) is 18.2 Å². The van der Waals surface area contributed by atoms with E-state index in [1.807, 2.05) is 13.8 Å². The molecule has 1 rings (SSSR count). The molecule has 0 amide bonds. The van der Waals surface area contributed by atoms with Crippen molar-refractivity contribution >= 4 is 17.3 Å². The fourth-order valence-electron chi connectivity index (χ4n) is 1.15. The molecule has 0 heterocycles. The normalized spacial score (nSPS) is 13.2. The largest absolute Gasteiger partial charge is 0.402 e. The summed E-state index contributed by atoms with van der Waals surface area (Å²) >= 11 is 5.59. The lowest BCUT2D eigenvalue weighted by Gasteiger charge is -2.04. The van der Waals surface area contributed by atoms with Gasteiger partial charge in [-0.2, -0.15) is 0 Å². The molecule has 0 unspecified atom stereocenters. The number of rotatable bonds is 3. The second-order valence-corrected chi connectivity index (χ2v) is 4.48. The lowest BCUT2D eigenvalue weighted by molar-refractivity contribution is 0.628. The van der Waals surface area contributed by atoms with Crippen LogP contribution in [0.2, 0.25) is 5.02 Å². The number of hydrogen-bond acceptors (Lipinski definition) is 2.